The Morgan fingerprint density at radius 2 is 1.38 bits per heavy atom. The minimum Gasteiger partial charge on any atom is -0.460 e. The lowest BCUT2D eigenvalue weighted by Gasteiger charge is -2.42. The van der Waals surface area contributed by atoms with Gasteiger partial charge >= 0.3 is 11.9 Å². The first kappa shape index (κ1) is 72.6. The van der Waals surface area contributed by atoms with Crippen LogP contribution in [-0.4, -0.2) is 133 Å². The summed E-state index contributed by atoms with van der Waals surface area (Å²) in [7, 11) is 4.60. The van der Waals surface area contributed by atoms with Crippen LogP contribution in [0.25, 0.3) is 0 Å². The van der Waals surface area contributed by atoms with E-state index in [0.29, 0.717) is 69.8 Å². The first-order chi connectivity index (χ1) is 40.2. The molecule has 4 aliphatic rings. The molecule has 0 aromatic heterocycles. The predicted molar refractivity (Wildman–Crippen MR) is 329 cm³/mol. The van der Waals surface area contributed by atoms with Crippen LogP contribution in [0.1, 0.15) is 235 Å². The average Bonchev–Trinajstić information content (AvgIpc) is 2.95. The van der Waals surface area contributed by atoms with E-state index in [9.17, 15) is 39.0 Å². The van der Waals surface area contributed by atoms with E-state index in [4.69, 9.17) is 28.4 Å². The van der Waals surface area contributed by atoms with Crippen LogP contribution < -0.4 is 0 Å². The molecule has 0 spiro atoms. The molecule has 15 heteroatoms. The van der Waals surface area contributed by atoms with Crippen LogP contribution >= 0.6 is 0 Å². The standard InChI is InChI=1S/C69H113NO14/c1-12-13-14-15-16-17-18-19-20-21-22-23-24-25-29-35-62(72)82-58-39-37-54(44-61(58)80-10)43-50(5)60-46-57(71)49(4)42-52(7)64(74)65(81-11)63(73)51(6)41-47(2)32-27-26-28-33-48(3)59(79-9)45-55-38-36-53(8)69(78,84-55)66(75)67(76)70-40-31-30-34-56(70)68(77)83-60/h26-28,32-33,42,47,49-51,53-56,58-61,64-65,74,78H,12-25,29-31,34-41,43-46H2,1-11H3/b28-26+,32-27+,48-33+,52-42+/t47-,49-,50-,51-,53-,54+,55+,56+,58-,59+,60+,61-,64-,65+,69-/m1/s1. The topological polar surface area (TPSA) is 201 Å². The van der Waals surface area contributed by atoms with Crippen LogP contribution in [0.15, 0.2) is 47.6 Å². The van der Waals surface area contributed by atoms with Crippen LogP contribution in [0.2, 0.25) is 0 Å². The zero-order chi connectivity index (χ0) is 61.8. The number of fused-ring (bicyclic) bond motifs is 3. The number of carbonyl (C=O) groups excluding carboxylic acids is 6. The summed E-state index contributed by atoms with van der Waals surface area (Å²) in [5.41, 5.74) is 1.26. The van der Waals surface area contributed by atoms with Gasteiger partial charge in [-0.15, -0.1) is 0 Å². The molecule has 0 aromatic rings. The third-order valence-electron chi connectivity index (χ3n) is 18.7. The minimum atomic E-state index is -2.45. The summed E-state index contributed by atoms with van der Waals surface area (Å²) >= 11 is 0. The maximum atomic E-state index is 14.7. The second-order valence-electron chi connectivity index (χ2n) is 25.8. The van der Waals surface area contributed by atoms with Gasteiger partial charge in [0.25, 0.3) is 11.7 Å². The molecule has 2 N–H and O–H groups in total. The summed E-state index contributed by atoms with van der Waals surface area (Å²) in [5.74, 6) is -8.35. The van der Waals surface area contributed by atoms with Gasteiger partial charge in [-0.25, -0.2) is 4.79 Å². The number of hydrogen-bond acceptors (Lipinski definition) is 14. The van der Waals surface area contributed by atoms with Gasteiger partial charge in [-0.05, 0) is 113 Å². The van der Waals surface area contributed by atoms with Crippen LogP contribution in [0.4, 0.5) is 0 Å². The smallest absolute Gasteiger partial charge is 0.329 e. The number of methoxy groups -OCH3 is 3. The molecule has 2 bridgehead atoms. The van der Waals surface area contributed by atoms with Gasteiger partial charge in [0.15, 0.2) is 5.78 Å². The van der Waals surface area contributed by atoms with Gasteiger partial charge in [0.1, 0.15) is 36.2 Å². The quantitative estimate of drug-likeness (QED) is 0.0423. The number of carbonyl (C=O) groups is 6. The number of aliphatic hydroxyl groups excluding tert-OH is 1. The molecule has 3 fully saturated rings. The van der Waals surface area contributed by atoms with Gasteiger partial charge in [-0.1, -0.05) is 168 Å². The summed E-state index contributed by atoms with van der Waals surface area (Å²) in [6.45, 7) is 15.1. The number of nitrogens with zero attached hydrogens (tertiary/aromatic N) is 1. The summed E-state index contributed by atoms with van der Waals surface area (Å²) in [6, 6.07) is -1.16. The number of cyclic esters (lactones) is 1. The largest absolute Gasteiger partial charge is 0.460 e. The molecule has 1 saturated carbocycles. The highest BCUT2D eigenvalue weighted by Gasteiger charge is 2.53. The molecule has 0 unspecified atom stereocenters. The van der Waals surface area contributed by atoms with E-state index in [1.807, 2.05) is 58.1 Å². The number of ketones is 3. The monoisotopic (exact) mass is 1180 g/mol. The number of allylic oxidation sites excluding steroid dienone is 6. The van der Waals surface area contributed by atoms with E-state index in [0.717, 1.165) is 31.3 Å². The first-order valence-corrected chi connectivity index (χ1v) is 32.9. The molecular formula is C69H113NO14. The van der Waals surface area contributed by atoms with Crippen molar-refractivity contribution in [2.75, 3.05) is 27.9 Å². The van der Waals surface area contributed by atoms with Crippen molar-refractivity contribution < 1.29 is 67.4 Å². The fourth-order valence-electron chi connectivity index (χ4n) is 13.1. The molecule has 0 radical (unpaired) electrons. The predicted octanol–water partition coefficient (Wildman–Crippen LogP) is 13.0. The Morgan fingerprint density at radius 3 is 2.00 bits per heavy atom. The Balaban J connectivity index is 1.50. The summed E-state index contributed by atoms with van der Waals surface area (Å²) < 4.78 is 36.1. The van der Waals surface area contributed by atoms with E-state index >= 15 is 0 Å². The number of amides is 1. The molecule has 3 heterocycles. The summed E-state index contributed by atoms with van der Waals surface area (Å²) in [6.07, 6.45) is 30.4. The third kappa shape index (κ3) is 23.3. The lowest BCUT2D eigenvalue weighted by Crippen LogP contribution is -2.61. The molecule has 0 aromatic carbocycles. The number of esters is 2. The lowest BCUT2D eigenvalue weighted by molar-refractivity contribution is -0.265. The van der Waals surface area contributed by atoms with Gasteiger partial charge in [-0.2, -0.15) is 0 Å². The SMILES string of the molecule is CCCCCCCCCCCCCCCCCC(=O)O[C@@H]1CC[C@@H](C[C@@H](C)[C@@H]2CC(=O)[C@H](C)/C=C(\C)[C@@H](O)[C@@H](OC)C(=O)[C@H](C)C[C@H](C)/C=C/C=C/C=C(\C)[C@@H](OC)C[C@@H]3CC[C@@H](C)[C@@](O)(O3)C(=O)C(=O)N3CCCC[C@H]3C(=O)O2)C[C@H]1OC. The van der Waals surface area contributed by atoms with Gasteiger partial charge in [0.05, 0.1) is 18.3 Å². The van der Waals surface area contributed by atoms with Crippen molar-refractivity contribution in [2.45, 2.75) is 290 Å². The number of hydrogen-bond donors (Lipinski definition) is 2. The Labute approximate surface area is 506 Å². The molecule has 15 atom stereocenters. The number of ether oxygens (including phenoxy) is 6. The van der Waals surface area contributed by atoms with E-state index in [1.54, 1.807) is 41.1 Å². The van der Waals surface area contributed by atoms with Gasteiger partial charge in [0.2, 0.25) is 5.79 Å². The number of rotatable bonds is 23. The van der Waals surface area contributed by atoms with E-state index < -0.39 is 83.9 Å². The van der Waals surface area contributed by atoms with E-state index in [2.05, 4.69) is 6.92 Å². The Morgan fingerprint density at radius 1 is 0.738 bits per heavy atom. The van der Waals surface area contributed by atoms with E-state index in [-0.39, 0.29) is 60.8 Å². The Kier molecular flexibility index (Phi) is 33.2. The fourth-order valence-corrected chi connectivity index (χ4v) is 13.1. The van der Waals surface area contributed by atoms with Crippen molar-refractivity contribution in [3.05, 3.63) is 47.6 Å². The summed E-state index contributed by atoms with van der Waals surface area (Å²) in [5, 5.41) is 23.7. The zero-order valence-corrected chi connectivity index (χ0v) is 53.8. The van der Waals surface area contributed by atoms with Crippen molar-refractivity contribution >= 4 is 35.2 Å². The average molecular weight is 1180 g/mol. The van der Waals surface area contributed by atoms with E-state index in [1.165, 1.54) is 89.1 Å². The van der Waals surface area contributed by atoms with Gasteiger partial charge in [-0.3, -0.25) is 24.0 Å². The highest BCUT2D eigenvalue weighted by Crippen LogP contribution is 2.38. The second kappa shape index (κ2) is 38.4. The highest BCUT2D eigenvalue weighted by atomic mass is 16.6. The second-order valence-corrected chi connectivity index (χ2v) is 25.8. The molecule has 84 heavy (non-hydrogen) atoms. The fraction of sp³-hybridized carbons (Fsp3) is 0.797. The number of unbranched alkanes of at least 4 members (excludes halogenated alkanes) is 14. The van der Waals surface area contributed by atoms with Gasteiger partial charge in [0, 0.05) is 64.9 Å². The van der Waals surface area contributed by atoms with Crippen molar-refractivity contribution in [1.29, 1.82) is 0 Å². The van der Waals surface area contributed by atoms with Crippen LogP contribution in [0.3, 0.4) is 0 Å². The Hall–Kier alpha value is -3.86. The van der Waals surface area contributed by atoms with Crippen molar-refractivity contribution in [3.8, 4) is 0 Å². The highest BCUT2D eigenvalue weighted by molar-refractivity contribution is 6.39. The lowest BCUT2D eigenvalue weighted by atomic mass is 9.78. The zero-order valence-electron chi connectivity index (χ0n) is 53.8. The van der Waals surface area contributed by atoms with Gasteiger partial charge < -0.3 is 43.5 Å². The molecule has 3 aliphatic heterocycles. The van der Waals surface area contributed by atoms with Crippen LogP contribution in [0, 0.1) is 35.5 Å². The van der Waals surface area contributed by atoms with Crippen molar-refractivity contribution in [3.63, 3.8) is 0 Å². The molecule has 15 nitrogen and oxygen atoms in total. The molecule has 2 saturated heterocycles. The number of aliphatic hydroxyl groups is 2. The molecular weight excluding hydrogens is 1070 g/mol. The van der Waals surface area contributed by atoms with Crippen molar-refractivity contribution in [2.24, 2.45) is 35.5 Å². The first-order valence-electron chi connectivity index (χ1n) is 32.9. The normalized spacial score (nSPS) is 33.9. The maximum absolute atomic E-state index is 14.7. The van der Waals surface area contributed by atoms with Crippen LogP contribution in [-0.2, 0) is 57.2 Å². The Bertz CT molecular complexity index is 2150. The molecule has 478 valence electrons. The number of piperidine rings is 1. The molecule has 1 amide bonds. The minimum absolute atomic E-state index is 0.00850. The maximum Gasteiger partial charge on any atom is 0.329 e. The van der Waals surface area contributed by atoms with Crippen molar-refractivity contribution in [1.82, 2.24) is 4.90 Å². The molecule has 4 rings (SSSR count). The third-order valence-corrected chi connectivity index (χ3v) is 18.7. The van der Waals surface area contributed by atoms with Crippen LogP contribution in [0.5, 0.6) is 0 Å². The number of Topliss-reactive ketones (excluding diaryl/α,β-unsaturated/α-hetero) is 3. The summed E-state index contributed by atoms with van der Waals surface area (Å²) in [4.78, 5) is 86.1. The molecule has 1 aliphatic carbocycles.